The van der Waals surface area contributed by atoms with E-state index < -0.39 is 10.0 Å². The lowest BCUT2D eigenvalue weighted by atomic mass is 10.00. The van der Waals surface area contributed by atoms with Gasteiger partial charge in [0, 0.05) is 17.7 Å². The summed E-state index contributed by atoms with van der Waals surface area (Å²) in [6, 6.07) is 8.15. The number of hydrogen-bond acceptors (Lipinski definition) is 7. The number of hydrogen-bond donors (Lipinski definition) is 1. The number of likely N-dealkylation sites (N-methyl/N-ethyl adjacent to an activating group) is 1. The number of nitrogens with zero attached hydrogens (tertiary/aromatic N) is 1. The Morgan fingerprint density at radius 3 is 2.55 bits per heavy atom. The lowest BCUT2D eigenvalue weighted by Crippen LogP contribution is -2.38. The van der Waals surface area contributed by atoms with Gasteiger partial charge in [0.1, 0.15) is 31.3 Å². The molecule has 2 aliphatic rings. The zero-order valence-corrected chi connectivity index (χ0v) is 17.4. The third-order valence-corrected chi connectivity index (χ3v) is 6.46. The van der Waals surface area contributed by atoms with Crippen molar-refractivity contribution in [1.29, 1.82) is 0 Å². The minimum Gasteiger partial charge on any atom is -0.496 e. The smallest absolute Gasteiger partial charge is 0.262 e. The van der Waals surface area contributed by atoms with Crippen molar-refractivity contribution >= 4 is 15.7 Å². The average Bonchev–Trinajstić information content (AvgIpc) is 2.73. The Bertz CT molecular complexity index is 1020. The zero-order valence-electron chi connectivity index (χ0n) is 16.6. The summed E-state index contributed by atoms with van der Waals surface area (Å²) < 4.78 is 51.0. The van der Waals surface area contributed by atoms with E-state index in [4.69, 9.17) is 18.9 Å². The predicted octanol–water partition coefficient (Wildman–Crippen LogP) is 2.13. The van der Waals surface area contributed by atoms with Gasteiger partial charge in [0.25, 0.3) is 10.0 Å². The van der Waals surface area contributed by atoms with Crippen LogP contribution in [0.25, 0.3) is 0 Å². The SMILES string of the molecule is COc1ccc(NS(=O)(=O)c2ccc3c(c2)OCCO3)c2c1C[C@@H](N(C)C)CO2. The van der Waals surface area contributed by atoms with E-state index in [9.17, 15) is 8.42 Å². The van der Waals surface area contributed by atoms with Gasteiger partial charge >= 0.3 is 0 Å². The van der Waals surface area contributed by atoms with Gasteiger partial charge in [-0.1, -0.05) is 0 Å². The highest BCUT2D eigenvalue weighted by Crippen LogP contribution is 2.41. The van der Waals surface area contributed by atoms with E-state index in [-0.39, 0.29) is 10.9 Å². The first-order valence-corrected chi connectivity index (χ1v) is 10.8. The summed E-state index contributed by atoms with van der Waals surface area (Å²) in [5.74, 6) is 2.13. The second-order valence-corrected chi connectivity index (χ2v) is 8.85. The summed E-state index contributed by atoms with van der Waals surface area (Å²) in [6.45, 7) is 1.29. The summed E-state index contributed by atoms with van der Waals surface area (Å²) in [5, 5.41) is 0. The molecule has 9 heteroatoms. The maximum absolute atomic E-state index is 13.0. The molecule has 2 heterocycles. The highest BCUT2D eigenvalue weighted by atomic mass is 32.2. The van der Waals surface area contributed by atoms with Crippen LogP contribution in [-0.2, 0) is 16.4 Å². The van der Waals surface area contributed by atoms with Crippen LogP contribution in [0.4, 0.5) is 5.69 Å². The second kappa shape index (κ2) is 7.64. The summed E-state index contributed by atoms with van der Waals surface area (Å²) in [7, 11) is 1.72. The molecule has 2 aromatic rings. The van der Waals surface area contributed by atoms with Crippen molar-refractivity contribution in [3.05, 3.63) is 35.9 Å². The van der Waals surface area contributed by atoms with Gasteiger partial charge in [-0.3, -0.25) is 4.72 Å². The standard InChI is InChI=1S/C20H24N2O6S/c1-22(2)13-10-15-17(25-3)7-5-16(20(15)28-12-13)21-29(23,24)14-4-6-18-19(11-14)27-9-8-26-18/h4-7,11,13,21H,8-10,12H2,1-3H3/t13-/m1/s1. The Balaban J connectivity index is 1.67. The Kier molecular flexibility index (Phi) is 5.18. The molecule has 0 spiro atoms. The molecule has 2 aromatic carbocycles. The topological polar surface area (TPSA) is 86.3 Å². The van der Waals surface area contributed by atoms with E-state index >= 15 is 0 Å². The van der Waals surface area contributed by atoms with Gasteiger partial charge in [0.05, 0.1) is 17.7 Å². The largest absolute Gasteiger partial charge is 0.496 e. The molecule has 0 bridgehead atoms. The molecule has 0 saturated carbocycles. The Morgan fingerprint density at radius 1 is 1.07 bits per heavy atom. The number of anilines is 1. The van der Waals surface area contributed by atoms with Gasteiger partial charge in [-0.25, -0.2) is 8.42 Å². The van der Waals surface area contributed by atoms with E-state index in [1.165, 1.54) is 12.1 Å². The predicted molar refractivity (Wildman–Crippen MR) is 108 cm³/mol. The summed E-state index contributed by atoms with van der Waals surface area (Å²) >= 11 is 0. The van der Waals surface area contributed by atoms with Gasteiger partial charge in [0.15, 0.2) is 11.5 Å². The van der Waals surface area contributed by atoms with Crippen LogP contribution in [0.1, 0.15) is 5.56 Å². The van der Waals surface area contributed by atoms with Gasteiger partial charge in [-0.15, -0.1) is 0 Å². The highest BCUT2D eigenvalue weighted by molar-refractivity contribution is 7.92. The lowest BCUT2D eigenvalue weighted by Gasteiger charge is -2.32. The quantitative estimate of drug-likeness (QED) is 0.793. The second-order valence-electron chi connectivity index (χ2n) is 7.17. The van der Waals surface area contributed by atoms with Gasteiger partial charge in [0.2, 0.25) is 0 Å². The summed E-state index contributed by atoms with van der Waals surface area (Å²) in [6.07, 6.45) is 0.700. The van der Waals surface area contributed by atoms with Crippen molar-refractivity contribution in [1.82, 2.24) is 4.90 Å². The third kappa shape index (κ3) is 3.79. The normalized spacial score (nSPS) is 18.0. The van der Waals surface area contributed by atoms with Crippen LogP contribution in [-0.4, -0.2) is 60.4 Å². The fraction of sp³-hybridized carbons (Fsp3) is 0.400. The average molecular weight is 420 g/mol. The maximum Gasteiger partial charge on any atom is 0.262 e. The van der Waals surface area contributed by atoms with Crippen LogP contribution < -0.4 is 23.7 Å². The van der Waals surface area contributed by atoms with Crippen LogP contribution in [0.15, 0.2) is 35.2 Å². The number of nitrogens with one attached hydrogen (secondary N) is 1. The number of benzene rings is 2. The van der Waals surface area contributed by atoms with Crippen molar-refractivity contribution in [2.24, 2.45) is 0 Å². The van der Waals surface area contributed by atoms with Crippen molar-refractivity contribution in [3.8, 4) is 23.0 Å². The fourth-order valence-corrected chi connectivity index (χ4v) is 4.52. The first-order valence-electron chi connectivity index (χ1n) is 9.30. The molecule has 0 amide bonds. The molecule has 0 unspecified atom stereocenters. The maximum atomic E-state index is 13.0. The van der Waals surface area contributed by atoms with Gasteiger partial charge < -0.3 is 23.8 Å². The van der Waals surface area contributed by atoms with E-state index in [2.05, 4.69) is 9.62 Å². The van der Waals surface area contributed by atoms with Gasteiger partial charge in [-0.2, -0.15) is 0 Å². The first kappa shape index (κ1) is 19.7. The molecule has 2 aliphatic heterocycles. The lowest BCUT2D eigenvalue weighted by molar-refractivity contribution is 0.164. The van der Waals surface area contributed by atoms with Crippen molar-refractivity contribution in [2.45, 2.75) is 17.4 Å². The molecule has 0 radical (unpaired) electrons. The Morgan fingerprint density at radius 2 is 1.83 bits per heavy atom. The van der Waals surface area contributed by atoms with Crippen molar-refractivity contribution in [3.63, 3.8) is 0 Å². The number of sulfonamides is 1. The third-order valence-electron chi connectivity index (χ3n) is 5.10. The molecular formula is C20H24N2O6S. The van der Waals surface area contributed by atoms with E-state index in [0.717, 1.165) is 5.56 Å². The molecule has 29 heavy (non-hydrogen) atoms. The van der Waals surface area contributed by atoms with Crippen LogP contribution in [0.2, 0.25) is 0 Å². The zero-order chi connectivity index (χ0) is 20.6. The number of methoxy groups -OCH3 is 1. The first-order chi connectivity index (χ1) is 13.9. The molecule has 8 nitrogen and oxygen atoms in total. The monoisotopic (exact) mass is 420 g/mol. The minimum atomic E-state index is -3.85. The molecule has 156 valence electrons. The van der Waals surface area contributed by atoms with Crippen LogP contribution >= 0.6 is 0 Å². The number of rotatable bonds is 5. The van der Waals surface area contributed by atoms with Crippen LogP contribution in [0, 0.1) is 0 Å². The van der Waals surface area contributed by atoms with E-state index in [1.54, 1.807) is 25.3 Å². The van der Waals surface area contributed by atoms with Crippen LogP contribution in [0.5, 0.6) is 23.0 Å². The molecular weight excluding hydrogens is 396 g/mol. The van der Waals surface area contributed by atoms with E-state index in [0.29, 0.717) is 54.9 Å². The minimum absolute atomic E-state index is 0.0910. The highest BCUT2D eigenvalue weighted by Gasteiger charge is 2.29. The molecule has 0 fully saturated rings. The molecule has 1 N–H and O–H groups in total. The number of ether oxygens (including phenoxy) is 4. The fourth-order valence-electron chi connectivity index (χ4n) is 3.44. The Labute approximate surface area is 170 Å². The molecule has 1 atom stereocenters. The molecule has 0 aliphatic carbocycles. The molecule has 0 saturated heterocycles. The molecule has 0 aromatic heterocycles. The van der Waals surface area contributed by atoms with Gasteiger partial charge in [-0.05, 0) is 44.8 Å². The van der Waals surface area contributed by atoms with E-state index in [1.807, 2.05) is 14.1 Å². The summed E-state index contributed by atoms with van der Waals surface area (Å²) in [4.78, 5) is 2.17. The van der Waals surface area contributed by atoms with Crippen molar-refractivity contribution < 1.29 is 27.4 Å². The van der Waals surface area contributed by atoms with Crippen LogP contribution in [0.3, 0.4) is 0 Å². The van der Waals surface area contributed by atoms with Crippen molar-refractivity contribution in [2.75, 3.05) is 45.7 Å². The Hall–Kier alpha value is -2.65. The number of fused-ring (bicyclic) bond motifs is 2. The summed E-state index contributed by atoms with van der Waals surface area (Å²) in [5.41, 5.74) is 1.23. The molecule has 4 rings (SSSR count).